The molecule has 1 unspecified atom stereocenters. The standard InChI is InChI=1S/C14H19NO3/c1-10-4-5-12(14(16)17)13(9-10)15-7-6-11-3-2-8-18-11/h4-5,9,11,15H,2-3,6-8H2,1H3,(H,16,17). The lowest BCUT2D eigenvalue weighted by Crippen LogP contribution is -2.14. The zero-order valence-corrected chi connectivity index (χ0v) is 10.6. The Labute approximate surface area is 107 Å². The van der Waals surface area contributed by atoms with E-state index in [2.05, 4.69) is 5.32 Å². The van der Waals surface area contributed by atoms with Crippen molar-refractivity contribution in [3.8, 4) is 0 Å². The highest BCUT2D eigenvalue weighted by Gasteiger charge is 2.15. The average Bonchev–Trinajstić information content (AvgIpc) is 2.82. The Balaban J connectivity index is 1.94. The van der Waals surface area contributed by atoms with Gasteiger partial charge in [0.15, 0.2) is 0 Å². The molecule has 98 valence electrons. The van der Waals surface area contributed by atoms with Crippen LogP contribution in [0.15, 0.2) is 18.2 Å². The number of nitrogens with one attached hydrogen (secondary N) is 1. The molecule has 0 radical (unpaired) electrons. The van der Waals surface area contributed by atoms with Gasteiger partial charge in [-0.1, -0.05) is 6.07 Å². The molecule has 18 heavy (non-hydrogen) atoms. The van der Waals surface area contributed by atoms with Crippen LogP contribution in [0.2, 0.25) is 0 Å². The van der Waals surface area contributed by atoms with Crippen molar-refractivity contribution in [2.45, 2.75) is 32.3 Å². The molecule has 0 aliphatic carbocycles. The highest BCUT2D eigenvalue weighted by atomic mass is 16.5. The predicted molar refractivity (Wildman–Crippen MR) is 70.2 cm³/mol. The number of carboxylic acid groups (broad SMARTS) is 1. The maximum Gasteiger partial charge on any atom is 0.337 e. The molecule has 0 aromatic heterocycles. The van der Waals surface area contributed by atoms with Gasteiger partial charge in [0.25, 0.3) is 0 Å². The summed E-state index contributed by atoms with van der Waals surface area (Å²) in [5.74, 6) is -0.894. The van der Waals surface area contributed by atoms with E-state index >= 15 is 0 Å². The maximum atomic E-state index is 11.1. The molecular formula is C14H19NO3. The molecule has 0 amide bonds. The van der Waals surface area contributed by atoms with Gasteiger partial charge < -0.3 is 15.2 Å². The van der Waals surface area contributed by atoms with Crippen molar-refractivity contribution in [2.75, 3.05) is 18.5 Å². The maximum absolute atomic E-state index is 11.1. The van der Waals surface area contributed by atoms with Crippen LogP contribution in [-0.2, 0) is 4.74 Å². The molecule has 0 bridgehead atoms. The van der Waals surface area contributed by atoms with Crippen LogP contribution >= 0.6 is 0 Å². The Kier molecular flexibility index (Phi) is 4.20. The average molecular weight is 249 g/mol. The number of rotatable bonds is 5. The zero-order valence-electron chi connectivity index (χ0n) is 10.6. The summed E-state index contributed by atoms with van der Waals surface area (Å²) in [6.45, 7) is 3.56. The number of anilines is 1. The molecule has 1 aliphatic heterocycles. The lowest BCUT2D eigenvalue weighted by molar-refractivity contribution is 0.0698. The van der Waals surface area contributed by atoms with Gasteiger partial charge in [-0.3, -0.25) is 0 Å². The molecule has 2 N–H and O–H groups in total. The van der Waals surface area contributed by atoms with Crippen molar-refractivity contribution < 1.29 is 14.6 Å². The fraction of sp³-hybridized carbons (Fsp3) is 0.500. The molecule has 0 saturated carbocycles. The number of ether oxygens (including phenoxy) is 1. The molecule has 4 nitrogen and oxygen atoms in total. The first-order valence-electron chi connectivity index (χ1n) is 6.36. The van der Waals surface area contributed by atoms with Crippen LogP contribution in [0.4, 0.5) is 5.69 Å². The van der Waals surface area contributed by atoms with Crippen molar-refractivity contribution in [3.63, 3.8) is 0 Å². The van der Waals surface area contributed by atoms with E-state index in [9.17, 15) is 4.79 Å². The molecule has 2 rings (SSSR count). The number of carboxylic acids is 1. The summed E-state index contributed by atoms with van der Waals surface area (Å²) in [5.41, 5.74) is 2.08. The molecule has 0 spiro atoms. The molecule has 1 saturated heterocycles. The van der Waals surface area contributed by atoms with Crippen LogP contribution in [-0.4, -0.2) is 30.3 Å². The number of carbonyl (C=O) groups is 1. The number of benzene rings is 1. The zero-order chi connectivity index (χ0) is 13.0. The third-order valence-electron chi connectivity index (χ3n) is 3.21. The van der Waals surface area contributed by atoms with Crippen LogP contribution in [0.5, 0.6) is 0 Å². The smallest absolute Gasteiger partial charge is 0.337 e. The largest absolute Gasteiger partial charge is 0.478 e. The molecule has 1 heterocycles. The first-order valence-corrected chi connectivity index (χ1v) is 6.36. The van der Waals surface area contributed by atoms with Crippen molar-refractivity contribution in [1.29, 1.82) is 0 Å². The van der Waals surface area contributed by atoms with Gasteiger partial charge in [-0.25, -0.2) is 4.79 Å². The SMILES string of the molecule is Cc1ccc(C(=O)O)c(NCCC2CCCO2)c1. The van der Waals surface area contributed by atoms with E-state index in [-0.39, 0.29) is 0 Å². The lowest BCUT2D eigenvalue weighted by atomic mass is 10.1. The summed E-state index contributed by atoms with van der Waals surface area (Å²) in [5, 5.41) is 12.3. The summed E-state index contributed by atoms with van der Waals surface area (Å²) in [6.07, 6.45) is 3.50. The quantitative estimate of drug-likeness (QED) is 0.842. The van der Waals surface area contributed by atoms with E-state index in [1.807, 2.05) is 19.1 Å². The first-order chi connectivity index (χ1) is 8.66. The minimum Gasteiger partial charge on any atom is -0.478 e. The van der Waals surface area contributed by atoms with Crippen LogP contribution in [0, 0.1) is 6.92 Å². The van der Waals surface area contributed by atoms with Crippen LogP contribution in [0.1, 0.15) is 35.2 Å². The lowest BCUT2D eigenvalue weighted by Gasteiger charge is -2.13. The third kappa shape index (κ3) is 3.23. The Morgan fingerprint density at radius 3 is 3.06 bits per heavy atom. The van der Waals surface area contributed by atoms with Crippen LogP contribution < -0.4 is 5.32 Å². The van der Waals surface area contributed by atoms with Gasteiger partial charge >= 0.3 is 5.97 Å². The number of aryl methyl sites for hydroxylation is 1. The van der Waals surface area contributed by atoms with E-state index in [4.69, 9.17) is 9.84 Å². The van der Waals surface area contributed by atoms with Crippen molar-refractivity contribution in [3.05, 3.63) is 29.3 Å². The Morgan fingerprint density at radius 2 is 2.39 bits per heavy atom. The number of hydrogen-bond donors (Lipinski definition) is 2. The predicted octanol–water partition coefficient (Wildman–Crippen LogP) is 2.67. The Bertz CT molecular complexity index is 425. The van der Waals surface area contributed by atoms with Crippen LogP contribution in [0.25, 0.3) is 0 Å². The number of hydrogen-bond acceptors (Lipinski definition) is 3. The number of aromatic carboxylic acids is 1. The summed E-state index contributed by atoms with van der Waals surface area (Å²) < 4.78 is 5.54. The van der Waals surface area contributed by atoms with E-state index in [1.165, 1.54) is 0 Å². The monoisotopic (exact) mass is 249 g/mol. The summed E-state index contributed by atoms with van der Waals surface area (Å²) in [7, 11) is 0. The normalized spacial score (nSPS) is 18.8. The second-order valence-corrected chi connectivity index (χ2v) is 4.70. The molecule has 1 aromatic rings. The van der Waals surface area contributed by atoms with E-state index in [0.29, 0.717) is 17.4 Å². The van der Waals surface area contributed by atoms with Gasteiger partial charge in [0.1, 0.15) is 0 Å². The van der Waals surface area contributed by atoms with Gasteiger partial charge in [-0.15, -0.1) is 0 Å². The molecule has 4 heteroatoms. The topological polar surface area (TPSA) is 58.6 Å². The molecule has 1 fully saturated rings. The summed E-state index contributed by atoms with van der Waals surface area (Å²) >= 11 is 0. The third-order valence-corrected chi connectivity index (χ3v) is 3.21. The highest BCUT2D eigenvalue weighted by Crippen LogP contribution is 2.19. The van der Waals surface area contributed by atoms with Gasteiger partial charge in [0.2, 0.25) is 0 Å². The van der Waals surface area contributed by atoms with Crippen LogP contribution in [0.3, 0.4) is 0 Å². The van der Waals surface area contributed by atoms with E-state index in [0.717, 1.165) is 38.0 Å². The fourth-order valence-electron chi connectivity index (χ4n) is 2.23. The van der Waals surface area contributed by atoms with Crippen molar-refractivity contribution in [2.24, 2.45) is 0 Å². The van der Waals surface area contributed by atoms with Crippen molar-refractivity contribution in [1.82, 2.24) is 0 Å². The Morgan fingerprint density at radius 1 is 1.56 bits per heavy atom. The van der Waals surface area contributed by atoms with Crippen molar-refractivity contribution >= 4 is 11.7 Å². The summed E-state index contributed by atoms with van der Waals surface area (Å²) in [4.78, 5) is 11.1. The highest BCUT2D eigenvalue weighted by molar-refractivity contribution is 5.94. The second-order valence-electron chi connectivity index (χ2n) is 4.70. The van der Waals surface area contributed by atoms with Gasteiger partial charge in [0.05, 0.1) is 11.7 Å². The second kappa shape index (κ2) is 5.87. The Hall–Kier alpha value is -1.55. The van der Waals surface area contributed by atoms with Gasteiger partial charge in [0, 0.05) is 18.8 Å². The van der Waals surface area contributed by atoms with Gasteiger partial charge in [-0.05, 0) is 43.9 Å². The fourth-order valence-corrected chi connectivity index (χ4v) is 2.23. The van der Waals surface area contributed by atoms with Gasteiger partial charge in [-0.2, -0.15) is 0 Å². The molecule has 1 atom stereocenters. The van der Waals surface area contributed by atoms with E-state index in [1.54, 1.807) is 6.07 Å². The molecule has 1 aliphatic rings. The summed E-state index contributed by atoms with van der Waals surface area (Å²) in [6, 6.07) is 5.33. The minimum atomic E-state index is -0.894. The van der Waals surface area contributed by atoms with E-state index < -0.39 is 5.97 Å². The molecule has 1 aromatic carbocycles. The minimum absolute atomic E-state index is 0.327. The molecular weight excluding hydrogens is 230 g/mol. The first kappa shape index (κ1) is 12.9.